The highest BCUT2D eigenvalue weighted by molar-refractivity contribution is 5.88. The molecular formula is C23H22F3N5O3. The first kappa shape index (κ1) is 23.4. The highest BCUT2D eigenvalue weighted by Gasteiger charge is 2.38. The van der Waals surface area contributed by atoms with E-state index in [1.165, 1.54) is 18.3 Å². The van der Waals surface area contributed by atoms with Crippen LogP contribution in [-0.4, -0.2) is 36.2 Å². The monoisotopic (exact) mass is 473 g/mol. The number of rotatable bonds is 4. The molecule has 0 N–H and O–H groups in total. The summed E-state index contributed by atoms with van der Waals surface area (Å²) >= 11 is 0. The van der Waals surface area contributed by atoms with Crippen LogP contribution in [0.4, 0.5) is 13.2 Å². The lowest BCUT2D eigenvalue weighted by Gasteiger charge is -2.18. The second-order valence-corrected chi connectivity index (χ2v) is 8.96. The number of halogens is 3. The van der Waals surface area contributed by atoms with Gasteiger partial charge in [0.1, 0.15) is 11.3 Å². The Morgan fingerprint density at radius 1 is 1.06 bits per heavy atom. The molecule has 3 heterocycles. The van der Waals surface area contributed by atoms with Gasteiger partial charge in [-0.1, -0.05) is 5.16 Å². The van der Waals surface area contributed by atoms with E-state index in [4.69, 9.17) is 9.26 Å². The van der Waals surface area contributed by atoms with E-state index in [1.807, 2.05) is 0 Å². The lowest BCUT2D eigenvalue weighted by molar-refractivity contribution is -0.147. The SMILES string of the molecule is CC(C)n1c(C(F)(F)F)nc2cc(-c3nc(-c4ccc(C(=O)OC(C)(C)C)nc4)no3)ccc21. The fourth-order valence-corrected chi connectivity index (χ4v) is 3.39. The van der Waals surface area contributed by atoms with Crippen molar-refractivity contribution in [3.63, 3.8) is 0 Å². The Labute approximate surface area is 192 Å². The molecule has 0 bridgehead atoms. The smallest absolute Gasteiger partial charge is 0.449 e. The lowest BCUT2D eigenvalue weighted by atomic mass is 10.2. The number of carbonyl (C=O) groups excluding carboxylic acids is 1. The van der Waals surface area contributed by atoms with Gasteiger partial charge < -0.3 is 13.8 Å². The Balaban J connectivity index is 1.63. The summed E-state index contributed by atoms with van der Waals surface area (Å²) < 4.78 is 52.1. The Kier molecular flexibility index (Phi) is 5.66. The molecule has 0 unspecified atom stereocenters. The minimum Gasteiger partial charge on any atom is -0.455 e. The van der Waals surface area contributed by atoms with Gasteiger partial charge in [-0.25, -0.2) is 14.8 Å². The number of alkyl halides is 3. The molecule has 178 valence electrons. The normalized spacial score (nSPS) is 12.5. The van der Waals surface area contributed by atoms with Gasteiger partial charge >= 0.3 is 12.1 Å². The Bertz CT molecular complexity index is 1350. The van der Waals surface area contributed by atoms with Crippen molar-refractivity contribution in [2.24, 2.45) is 0 Å². The molecule has 0 saturated carbocycles. The van der Waals surface area contributed by atoms with Gasteiger partial charge in [-0.2, -0.15) is 18.2 Å². The van der Waals surface area contributed by atoms with E-state index in [0.29, 0.717) is 16.6 Å². The van der Waals surface area contributed by atoms with Crippen LogP contribution < -0.4 is 0 Å². The molecule has 0 aliphatic rings. The number of ether oxygens (including phenoxy) is 1. The third kappa shape index (κ3) is 4.63. The number of hydrogen-bond acceptors (Lipinski definition) is 7. The largest absolute Gasteiger partial charge is 0.455 e. The zero-order chi connectivity index (χ0) is 24.8. The molecule has 3 aromatic heterocycles. The third-order valence-corrected chi connectivity index (χ3v) is 4.76. The molecule has 0 spiro atoms. The first-order chi connectivity index (χ1) is 15.8. The molecule has 8 nitrogen and oxygen atoms in total. The average molecular weight is 473 g/mol. The fourth-order valence-electron chi connectivity index (χ4n) is 3.39. The average Bonchev–Trinajstić information content (AvgIpc) is 3.37. The van der Waals surface area contributed by atoms with E-state index in [-0.39, 0.29) is 22.9 Å². The zero-order valence-corrected chi connectivity index (χ0v) is 19.1. The molecule has 0 saturated heterocycles. The maximum atomic E-state index is 13.5. The summed E-state index contributed by atoms with van der Waals surface area (Å²) in [7, 11) is 0. The minimum atomic E-state index is -4.58. The summed E-state index contributed by atoms with van der Waals surface area (Å²) in [5.41, 5.74) is 0.925. The summed E-state index contributed by atoms with van der Waals surface area (Å²) in [5.74, 6) is -1.19. The van der Waals surface area contributed by atoms with Gasteiger partial charge in [0.05, 0.1) is 11.0 Å². The van der Waals surface area contributed by atoms with Gasteiger partial charge in [-0.15, -0.1) is 0 Å². The van der Waals surface area contributed by atoms with Crippen LogP contribution >= 0.6 is 0 Å². The summed E-state index contributed by atoms with van der Waals surface area (Å²) in [6.45, 7) is 8.60. The second-order valence-electron chi connectivity index (χ2n) is 8.96. The molecule has 4 rings (SSSR count). The predicted molar refractivity (Wildman–Crippen MR) is 117 cm³/mol. The van der Waals surface area contributed by atoms with Crippen LogP contribution in [0.5, 0.6) is 0 Å². The van der Waals surface area contributed by atoms with Crippen LogP contribution in [0.15, 0.2) is 41.1 Å². The van der Waals surface area contributed by atoms with Crippen LogP contribution in [0.1, 0.15) is 57.0 Å². The molecule has 1 aromatic carbocycles. The number of pyridine rings is 1. The number of fused-ring (bicyclic) bond motifs is 1. The minimum absolute atomic E-state index is 0.112. The number of nitrogens with zero attached hydrogens (tertiary/aromatic N) is 5. The first-order valence-electron chi connectivity index (χ1n) is 10.5. The van der Waals surface area contributed by atoms with Gasteiger partial charge in [0.2, 0.25) is 11.6 Å². The van der Waals surface area contributed by atoms with Crippen molar-refractivity contribution in [1.82, 2.24) is 24.7 Å². The van der Waals surface area contributed by atoms with Crippen molar-refractivity contribution in [2.75, 3.05) is 0 Å². The molecule has 34 heavy (non-hydrogen) atoms. The number of imidazole rings is 1. The van der Waals surface area contributed by atoms with Gasteiger partial charge in [-0.05, 0) is 65.0 Å². The Morgan fingerprint density at radius 3 is 2.35 bits per heavy atom. The van der Waals surface area contributed by atoms with Gasteiger partial charge in [0, 0.05) is 23.4 Å². The molecule has 0 aliphatic carbocycles. The van der Waals surface area contributed by atoms with Crippen molar-refractivity contribution in [2.45, 2.75) is 52.4 Å². The van der Waals surface area contributed by atoms with Crippen LogP contribution in [0.2, 0.25) is 0 Å². The first-order valence-corrected chi connectivity index (χ1v) is 10.5. The quantitative estimate of drug-likeness (QED) is 0.351. The highest BCUT2D eigenvalue weighted by atomic mass is 19.4. The fraction of sp³-hybridized carbons (Fsp3) is 0.348. The highest BCUT2D eigenvalue weighted by Crippen LogP contribution is 2.35. The van der Waals surface area contributed by atoms with Crippen molar-refractivity contribution in [3.8, 4) is 22.8 Å². The molecule has 0 radical (unpaired) electrons. The number of aromatic nitrogens is 5. The van der Waals surface area contributed by atoms with Gasteiger partial charge in [0.15, 0.2) is 0 Å². The van der Waals surface area contributed by atoms with E-state index in [0.717, 1.165) is 4.57 Å². The number of carbonyl (C=O) groups is 1. The van der Waals surface area contributed by atoms with Crippen LogP contribution in [0.25, 0.3) is 33.9 Å². The van der Waals surface area contributed by atoms with Crippen molar-refractivity contribution in [1.29, 1.82) is 0 Å². The number of benzene rings is 1. The Hall–Kier alpha value is -3.76. The topological polar surface area (TPSA) is 95.9 Å². The second kappa shape index (κ2) is 8.23. The van der Waals surface area contributed by atoms with Gasteiger partial charge in [-0.3, -0.25) is 0 Å². The van der Waals surface area contributed by atoms with Crippen LogP contribution in [0, 0.1) is 0 Å². The summed E-state index contributed by atoms with van der Waals surface area (Å²) in [6, 6.07) is 7.29. The molecule has 0 atom stereocenters. The molecular weight excluding hydrogens is 451 g/mol. The third-order valence-electron chi connectivity index (χ3n) is 4.76. The van der Waals surface area contributed by atoms with E-state index >= 15 is 0 Å². The Morgan fingerprint density at radius 2 is 1.76 bits per heavy atom. The van der Waals surface area contributed by atoms with E-state index in [2.05, 4.69) is 20.1 Å². The zero-order valence-electron chi connectivity index (χ0n) is 19.1. The van der Waals surface area contributed by atoms with Crippen molar-refractivity contribution >= 4 is 17.0 Å². The van der Waals surface area contributed by atoms with Gasteiger partial charge in [0.25, 0.3) is 5.89 Å². The molecule has 0 amide bonds. The van der Waals surface area contributed by atoms with E-state index < -0.39 is 29.6 Å². The predicted octanol–water partition coefficient (Wildman–Crippen LogP) is 5.70. The number of hydrogen-bond donors (Lipinski definition) is 0. The maximum absolute atomic E-state index is 13.5. The summed E-state index contributed by atoms with van der Waals surface area (Å²) in [6.07, 6.45) is -3.17. The lowest BCUT2D eigenvalue weighted by Crippen LogP contribution is -2.24. The number of esters is 1. The standard InChI is InChI=1S/C23H22F3N5O3/c1-12(2)31-17-9-7-13(10-16(17)28-21(31)23(24,25)26)19-29-18(30-34-19)14-6-8-15(27-11-14)20(32)33-22(3,4)5/h6-12H,1-5H3. The van der Waals surface area contributed by atoms with E-state index in [9.17, 15) is 18.0 Å². The summed E-state index contributed by atoms with van der Waals surface area (Å²) in [4.78, 5) is 24.3. The van der Waals surface area contributed by atoms with Crippen molar-refractivity contribution in [3.05, 3.63) is 48.0 Å². The van der Waals surface area contributed by atoms with E-state index in [1.54, 1.807) is 52.8 Å². The maximum Gasteiger partial charge on any atom is 0.449 e. The van der Waals surface area contributed by atoms with Crippen molar-refractivity contribution < 1.29 is 27.2 Å². The molecule has 0 fully saturated rings. The molecule has 0 aliphatic heterocycles. The van der Waals surface area contributed by atoms with Crippen LogP contribution in [0.3, 0.4) is 0 Å². The summed E-state index contributed by atoms with van der Waals surface area (Å²) in [5, 5.41) is 3.92. The van der Waals surface area contributed by atoms with Crippen LogP contribution in [-0.2, 0) is 10.9 Å². The molecule has 11 heteroatoms. The molecule has 4 aromatic rings.